The second kappa shape index (κ2) is 5.57. The van der Waals surface area contributed by atoms with E-state index in [4.69, 9.17) is 0 Å². The summed E-state index contributed by atoms with van der Waals surface area (Å²) >= 11 is 0. The summed E-state index contributed by atoms with van der Waals surface area (Å²) in [6, 6.07) is 0. The van der Waals surface area contributed by atoms with Crippen LogP contribution in [0.15, 0.2) is 18.6 Å². The number of hydrogen-bond acceptors (Lipinski definition) is 4. The maximum absolute atomic E-state index is 12.1. The van der Waals surface area contributed by atoms with Crippen molar-refractivity contribution < 1.29 is 9.59 Å². The second-order valence-electron chi connectivity index (χ2n) is 4.30. The molecule has 1 aromatic heterocycles. The number of amides is 2. The van der Waals surface area contributed by atoms with Crippen LogP contribution in [0.3, 0.4) is 0 Å². The van der Waals surface area contributed by atoms with Crippen LogP contribution in [-0.4, -0.2) is 46.8 Å². The van der Waals surface area contributed by atoms with E-state index in [2.05, 4.69) is 15.3 Å². The van der Waals surface area contributed by atoms with Crippen LogP contribution in [0, 0.1) is 5.92 Å². The first-order chi connectivity index (χ1) is 8.72. The Morgan fingerprint density at radius 2 is 2.28 bits per heavy atom. The van der Waals surface area contributed by atoms with Crippen molar-refractivity contribution in [1.29, 1.82) is 0 Å². The molecule has 1 saturated heterocycles. The Balaban J connectivity index is 2.05. The normalized spacial score (nSPS) is 19.4. The minimum absolute atomic E-state index is 0.00774. The van der Waals surface area contributed by atoms with Gasteiger partial charge < -0.3 is 10.2 Å². The van der Waals surface area contributed by atoms with Crippen molar-refractivity contribution >= 4 is 11.8 Å². The summed E-state index contributed by atoms with van der Waals surface area (Å²) in [6.07, 6.45) is 6.13. The van der Waals surface area contributed by atoms with Crippen LogP contribution in [0.1, 0.15) is 23.3 Å². The summed E-state index contributed by atoms with van der Waals surface area (Å²) in [7, 11) is 1.62. The lowest BCUT2D eigenvalue weighted by atomic mass is 9.97. The van der Waals surface area contributed by atoms with E-state index in [1.807, 2.05) is 0 Å². The summed E-state index contributed by atoms with van der Waals surface area (Å²) in [5.41, 5.74) is 0.329. The van der Waals surface area contributed by atoms with Gasteiger partial charge in [-0.2, -0.15) is 0 Å². The van der Waals surface area contributed by atoms with Gasteiger partial charge in [-0.25, -0.2) is 4.98 Å². The first-order valence-corrected chi connectivity index (χ1v) is 5.99. The predicted molar refractivity (Wildman–Crippen MR) is 64.7 cm³/mol. The molecule has 2 rings (SSSR count). The van der Waals surface area contributed by atoms with Gasteiger partial charge in [0.15, 0.2) is 0 Å². The van der Waals surface area contributed by atoms with Gasteiger partial charge in [-0.3, -0.25) is 14.6 Å². The van der Waals surface area contributed by atoms with E-state index in [-0.39, 0.29) is 17.7 Å². The minimum atomic E-state index is -0.156. The van der Waals surface area contributed by atoms with E-state index in [0.29, 0.717) is 18.8 Å². The smallest absolute Gasteiger partial charge is 0.274 e. The Morgan fingerprint density at radius 3 is 2.94 bits per heavy atom. The summed E-state index contributed by atoms with van der Waals surface area (Å²) < 4.78 is 0. The monoisotopic (exact) mass is 248 g/mol. The van der Waals surface area contributed by atoms with Crippen LogP contribution in [0.4, 0.5) is 0 Å². The third-order valence-electron chi connectivity index (χ3n) is 3.11. The molecule has 18 heavy (non-hydrogen) atoms. The van der Waals surface area contributed by atoms with E-state index >= 15 is 0 Å². The zero-order chi connectivity index (χ0) is 13.0. The highest BCUT2D eigenvalue weighted by Crippen LogP contribution is 2.17. The molecule has 2 heterocycles. The first kappa shape index (κ1) is 12.5. The van der Waals surface area contributed by atoms with Gasteiger partial charge in [0.2, 0.25) is 5.91 Å². The molecule has 0 spiro atoms. The van der Waals surface area contributed by atoms with E-state index in [1.54, 1.807) is 11.9 Å². The summed E-state index contributed by atoms with van der Waals surface area (Å²) in [5, 5.41) is 2.63. The van der Waals surface area contributed by atoms with Gasteiger partial charge in [0.1, 0.15) is 5.69 Å². The van der Waals surface area contributed by atoms with Crippen LogP contribution in [0.2, 0.25) is 0 Å². The number of likely N-dealkylation sites (tertiary alicyclic amines) is 1. The number of nitrogens with zero attached hydrogens (tertiary/aromatic N) is 3. The Morgan fingerprint density at radius 1 is 1.44 bits per heavy atom. The molecular formula is C12H16N4O2. The number of piperidine rings is 1. The minimum Gasteiger partial charge on any atom is -0.359 e. The van der Waals surface area contributed by atoms with E-state index in [1.165, 1.54) is 18.6 Å². The van der Waals surface area contributed by atoms with Crippen molar-refractivity contribution in [3.63, 3.8) is 0 Å². The average molecular weight is 248 g/mol. The summed E-state index contributed by atoms with van der Waals surface area (Å²) in [4.78, 5) is 33.3. The zero-order valence-corrected chi connectivity index (χ0v) is 10.3. The van der Waals surface area contributed by atoms with Gasteiger partial charge in [0, 0.05) is 32.5 Å². The fraction of sp³-hybridized carbons (Fsp3) is 0.500. The number of nitrogens with one attached hydrogen (secondary N) is 1. The second-order valence-corrected chi connectivity index (χ2v) is 4.30. The third-order valence-corrected chi connectivity index (χ3v) is 3.11. The lowest BCUT2D eigenvalue weighted by Crippen LogP contribution is -2.45. The van der Waals surface area contributed by atoms with Crippen LogP contribution in [-0.2, 0) is 4.79 Å². The quantitative estimate of drug-likeness (QED) is 0.804. The van der Waals surface area contributed by atoms with Crippen molar-refractivity contribution in [2.45, 2.75) is 12.8 Å². The molecule has 1 aromatic rings. The SMILES string of the molecule is CNC(=O)C1CCCN(C(=O)c2cnccn2)C1. The molecule has 1 aliphatic heterocycles. The molecule has 0 radical (unpaired) electrons. The topological polar surface area (TPSA) is 75.2 Å². The average Bonchev–Trinajstić information content (AvgIpc) is 2.46. The van der Waals surface area contributed by atoms with Crippen molar-refractivity contribution in [2.75, 3.05) is 20.1 Å². The molecular weight excluding hydrogens is 232 g/mol. The fourth-order valence-corrected chi connectivity index (χ4v) is 2.15. The Labute approximate surface area is 105 Å². The van der Waals surface area contributed by atoms with E-state index in [0.717, 1.165) is 12.8 Å². The maximum Gasteiger partial charge on any atom is 0.274 e. The van der Waals surface area contributed by atoms with Crippen LogP contribution in [0.25, 0.3) is 0 Å². The van der Waals surface area contributed by atoms with Crippen LogP contribution < -0.4 is 5.32 Å². The molecule has 1 aliphatic rings. The Kier molecular flexibility index (Phi) is 3.86. The number of hydrogen-bond donors (Lipinski definition) is 1. The van der Waals surface area contributed by atoms with Crippen molar-refractivity contribution in [3.8, 4) is 0 Å². The molecule has 1 atom stereocenters. The lowest BCUT2D eigenvalue weighted by Gasteiger charge is -2.31. The summed E-state index contributed by atoms with van der Waals surface area (Å²) in [5.74, 6) is -0.285. The third kappa shape index (κ3) is 2.64. The molecule has 1 unspecified atom stereocenters. The lowest BCUT2D eigenvalue weighted by molar-refractivity contribution is -0.125. The molecule has 6 nitrogen and oxygen atoms in total. The standard InChI is InChI=1S/C12H16N4O2/c1-13-11(17)9-3-2-6-16(8-9)12(18)10-7-14-4-5-15-10/h4-5,7,9H,2-3,6,8H2,1H3,(H,13,17). The van der Waals surface area contributed by atoms with Crippen molar-refractivity contribution in [3.05, 3.63) is 24.3 Å². The molecule has 0 saturated carbocycles. The van der Waals surface area contributed by atoms with Gasteiger partial charge in [0.25, 0.3) is 5.91 Å². The number of carbonyl (C=O) groups excluding carboxylic acids is 2. The van der Waals surface area contributed by atoms with Gasteiger partial charge in [-0.1, -0.05) is 0 Å². The first-order valence-electron chi connectivity index (χ1n) is 5.99. The van der Waals surface area contributed by atoms with E-state index in [9.17, 15) is 9.59 Å². The van der Waals surface area contributed by atoms with Crippen molar-refractivity contribution in [2.24, 2.45) is 5.92 Å². The largest absolute Gasteiger partial charge is 0.359 e. The molecule has 1 fully saturated rings. The van der Waals surface area contributed by atoms with E-state index < -0.39 is 0 Å². The predicted octanol–water partition coefficient (Wildman–Crippen LogP) is 0.0748. The van der Waals surface area contributed by atoms with Gasteiger partial charge >= 0.3 is 0 Å². The molecule has 96 valence electrons. The Bertz CT molecular complexity index is 435. The molecule has 0 bridgehead atoms. The fourth-order valence-electron chi connectivity index (χ4n) is 2.15. The van der Waals surface area contributed by atoms with Gasteiger partial charge in [0.05, 0.1) is 12.1 Å². The van der Waals surface area contributed by atoms with Gasteiger partial charge in [-0.15, -0.1) is 0 Å². The molecule has 0 aliphatic carbocycles. The summed E-state index contributed by atoms with van der Waals surface area (Å²) in [6.45, 7) is 1.12. The van der Waals surface area contributed by atoms with Gasteiger partial charge in [-0.05, 0) is 12.8 Å². The number of carbonyl (C=O) groups is 2. The maximum atomic E-state index is 12.1. The molecule has 6 heteroatoms. The number of rotatable bonds is 2. The molecule has 1 N–H and O–H groups in total. The molecule has 0 aromatic carbocycles. The number of aromatic nitrogens is 2. The van der Waals surface area contributed by atoms with Crippen LogP contribution in [0.5, 0.6) is 0 Å². The zero-order valence-electron chi connectivity index (χ0n) is 10.3. The van der Waals surface area contributed by atoms with Crippen molar-refractivity contribution in [1.82, 2.24) is 20.2 Å². The highest BCUT2D eigenvalue weighted by atomic mass is 16.2. The highest BCUT2D eigenvalue weighted by molar-refractivity contribution is 5.92. The Hall–Kier alpha value is -1.98. The highest BCUT2D eigenvalue weighted by Gasteiger charge is 2.28. The van der Waals surface area contributed by atoms with Crippen LogP contribution >= 0.6 is 0 Å². The molecule has 2 amide bonds.